The van der Waals surface area contributed by atoms with Crippen LogP contribution in [0.1, 0.15) is 10.4 Å². The van der Waals surface area contributed by atoms with Gasteiger partial charge in [-0.05, 0) is 12.1 Å². The summed E-state index contributed by atoms with van der Waals surface area (Å²) >= 11 is 0. The number of carbonyl (C=O) groups is 1. The minimum Gasteiger partial charge on any atom is -0.504 e. The number of hydrogen-bond acceptors (Lipinski definition) is 5. The molecule has 0 saturated heterocycles. The van der Waals surface area contributed by atoms with Crippen LogP contribution in [0.3, 0.4) is 0 Å². The molecule has 5 heteroatoms. The predicted molar refractivity (Wildman–Crippen MR) is 54.6 cm³/mol. The van der Waals surface area contributed by atoms with Crippen LogP contribution in [0.25, 0.3) is 0 Å². The number of phenolic OH excluding ortho intramolecular Hbond substituents is 1. The number of ether oxygens (including phenoxy) is 2. The third-order valence-electron chi connectivity index (χ3n) is 1.97. The number of rotatable bonds is 4. The second-order valence-electron chi connectivity index (χ2n) is 2.86. The lowest BCUT2D eigenvalue weighted by Crippen LogP contribution is -2.13. The van der Waals surface area contributed by atoms with E-state index in [-0.39, 0.29) is 23.8 Å². The molecule has 0 aliphatic carbocycles. The summed E-state index contributed by atoms with van der Waals surface area (Å²) in [5.41, 5.74) is 5.51. The lowest BCUT2D eigenvalue weighted by Gasteiger charge is -2.10. The molecule has 0 saturated carbocycles. The Labute approximate surface area is 87.4 Å². The van der Waals surface area contributed by atoms with Crippen LogP contribution in [0, 0.1) is 0 Å². The summed E-state index contributed by atoms with van der Waals surface area (Å²) in [7, 11) is 2.83. The van der Waals surface area contributed by atoms with Gasteiger partial charge >= 0.3 is 0 Å². The minimum atomic E-state index is -0.272. The van der Waals surface area contributed by atoms with Crippen molar-refractivity contribution in [2.75, 3.05) is 20.8 Å². The van der Waals surface area contributed by atoms with Gasteiger partial charge in [0.2, 0.25) is 5.75 Å². The number of hydrogen-bond donors (Lipinski definition) is 2. The van der Waals surface area contributed by atoms with Crippen LogP contribution in [-0.4, -0.2) is 31.7 Å². The third kappa shape index (κ3) is 2.19. The Morgan fingerprint density at radius 2 is 2.07 bits per heavy atom. The molecule has 0 amide bonds. The number of Topliss-reactive ketones (excluding diaryl/α,β-unsaturated/α-hetero) is 1. The zero-order chi connectivity index (χ0) is 11.4. The van der Waals surface area contributed by atoms with Gasteiger partial charge in [0.25, 0.3) is 0 Å². The first kappa shape index (κ1) is 11.3. The summed E-state index contributed by atoms with van der Waals surface area (Å²) in [6, 6.07) is 2.78. The standard InChI is InChI=1S/C10H13NO4/c1-14-9-4-6(8(13)5-11)3-7(12)10(9)15-2/h3-4,12H,5,11H2,1-2H3. The van der Waals surface area contributed by atoms with Crippen LogP contribution < -0.4 is 15.2 Å². The van der Waals surface area contributed by atoms with Gasteiger partial charge in [-0.3, -0.25) is 4.79 Å². The van der Waals surface area contributed by atoms with Gasteiger partial charge in [-0.1, -0.05) is 0 Å². The molecule has 1 rings (SSSR count). The van der Waals surface area contributed by atoms with E-state index in [0.717, 1.165) is 0 Å². The largest absolute Gasteiger partial charge is 0.504 e. The first-order chi connectivity index (χ1) is 7.13. The fraction of sp³-hybridized carbons (Fsp3) is 0.300. The van der Waals surface area contributed by atoms with Crippen LogP contribution >= 0.6 is 0 Å². The monoisotopic (exact) mass is 211 g/mol. The Bertz CT molecular complexity index is 376. The van der Waals surface area contributed by atoms with Gasteiger partial charge in [0.15, 0.2) is 17.3 Å². The van der Waals surface area contributed by atoms with Crippen molar-refractivity contribution >= 4 is 5.78 Å². The molecule has 5 nitrogen and oxygen atoms in total. The minimum absolute atomic E-state index is 0.116. The number of nitrogens with two attached hydrogens (primary N) is 1. The van der Waals surface area contributed by atoms with E-state index in [1.807, 2.05) is 0 Å². The number of carbonyl (C=O) groups excluding carboxylic acids is 1. The Hall–Kier alpha value is -1.75. The van der Waals surface area contributed by atoms with Gasteiger partial charge in [0.1, 0.15) is 0 Å². The highest BCUT2D eigenvalue weighted by Gasteiger charge is 2.14. The van der Waals surface area contributed by atoms with E-state index in [1.165, 1.54) is 26.4 Å². The van der Waals surface area contributed by atoms with Crippen molar-refractivity contribution in [3.8, 4) is 17.2 Å². The highest BCUT2D eigenvalue weighted by atomic mass is 16.5. The number of methoxy groups -OCH3 is 2. The normalized spacial score (nSPS) is 9.80. The van der Waals surface area contributed by atoms with E-state index in [1.54, 1.807) is 0 Å². The van der Waals surface area contributed by atoms with Gasteiger partial charge in [-0.15, -0.1) is 0 Å². The van der Waals surface area contributed by atoms with E-state index in [2.05, 4.69) is 0 Å². The zero-order valence-electron chi connectivity index (χ0n) is 8.61. The Balaban J connectivity index is 3.25. The highest BCUT2D eigenvalue weighted by molar-refractivity contribution is 5.98. The molecule has 1 aromatic rings. The second-order valence-corrected chi connectivity index (χ2v) is 2.86. The topological polar surface area (TPSA) is 81.8 Å². The summed E-state index contributed by atoms with van der Waals surface area (Å²) in [4.78, 5) is 11.3. The van der Waals surface area contributed by atoms with Crippen LogP contribution in [0.15, 0.2) is 12.1 Å². The molecule has 82 valence electrons. The maximum atomic E-state index is 11.3. The van der Waals surface area contributed by atoms with Gasteiger partial charge in [-0.2, -0.15) is 0 Å². The quantitative estimate of drug-likeness (QED) is 0.711. The lowest BCUT2D eigenvalue weighted by atomic mass is 10.1. The van der Waals surface area contributed by atoms with Crippen LogP contribution in [0.2, 0.25) is 0 Å². The maximum absolute atomic E-state index is 11.3. The van der Waals surface area contributed by atoms with Crippen molar-refractivity contribution in [2.45, 2.75) is 0 Å². The van der Waals surface area contributed by atoms with Crippen LogP contribution in [0.5, 0.6) is 17.2 Å². The fourth-order valence-electron chi connectivity index (χ4n) is 1.22. The first-order valence-electron chi connectivity index (χ1n) is 4.32. The predicted octanol–water partition coefficient (Wildman–Crippen LogP) is 0.551. The van der Waals surface area contributed by atoms with Crippen molar-refractivity contribution in [3.05, 3.63) is 17.7 Å². The van der Waals surface area contributed by atoms with Gasteiger partial charge in [0.05, 0.1) is 20.8 Å². The maximum Gasteiger partial charge on any atom is 0.203 e. The summed E-state index contributed by atoms with van der Waals surface area (Å²) in [6.07, 6.45) is 0. The number of aromatic hydroxyl groups is 1. The Kier molecular flexibility index (Phi) is 3.51. The lowest BCUT2D eigenvalue weighted by molar-refractivity contribution is 0.100. The van der Waals surface area contributed by atoms with E-state index >= 15 is 0 Å². The molecule has 0 aromatic heterocycles. The molecular formula is C10H13NO4. The molecule has 0 bridgehead atoms. The third-order valence-corrected chi connectivity index (χ3v) is 1.97. The molecular weight excluding hydrogens is 198 g/mol. The highest BCUT2D eigenvalue weighted by Crippen LogP contribution is 2.37. The SMILES string of the molecule is COc1cc(C(=O)CN)cc(O)c1OC. The zero-order valence-corrected chi connectivity index (χ0v) is 8.61. The van der Waals surface area contributed by atoms with Gasteiger partial charge in [-0.25, -0.2) is 0 Å². The average molecular weight is 211 g/mol. The van der Waals surface area contributed by atoms with Crippen molar-refractivity contribution in [3.63, 3.8) is 0 Å². The summed E-state index contributed by atoms with van der Waals surface area (Å²) < 4.78 is 9.89. The number of ketones is 1. The van der Waals surface area contributed by atoms with Crippen molar-refractivity contribution in [2.24, 2.45) is 5.73 Å². The second kappa shape index (κ2) is 4.65. The first-order valence-corrected chi connectivity index (χ1v) is 4.32. The van der Waals surface area contributed by atoms with Crippen LogP contribution in [0.4, 0.5) is 0 Å². The molecule has 0 spiro atoms. The molecule has 0 atom stereocenters. The van der Waals surface area contributed by atoms with E-state index in [4.69, 9.17) is 15.2 Å². The summed E-state index contributed by atoms with van der Waals surface area (Å²) in [6.45, 7) is -0.116. The molecule has 3 N–H and O–H groups in total. The average Bonchev–Trinajstić information content (AvgIpc) is 2.26. The van der Waals surface area contributed by atoms with Gasteiger partial charge < -0.3 is 20.3 Å². The summed E-state index contributed by atoms with van der Waals surface area (Å²) in [5, 5.41) is 9.55. The van der Waals surface area contributed by atoms with Crippen molar-refractivity contribution in [1.29, 1.82) is 0 Å². The van der Waals surface area contributed by atoms with Crippen LogP contribution in [-0.2, 0) is 0 Å². The molecule has 0 fully saturated rings. The molecule has 0 aliphatic rings. The number of benzene rings is 1. The smallest absolute Gasteiger partial charge is 0.203 e. The van der Waals surface area contributed by atoms with E-state index in [9.17, 15) is 9.90 Å². The van der Waals surface area contributed by atoms with Gasteiger partial charge in [0, 0.05) is 5.56 Å². The fourth-order valence-corrected chi connectivity index (χ4v) is 1.22. The molecule has 1 aromatic carbocycles. The van der Waals surface area contributed by atoms with E-state index < -0.39 is 0 Å². The summed E-state index contributed by atoms with van der Waals surface area (Å²) in [5.74, 6) is 0.0836. The molecule has 15 heavy (non-hydrogen) atoms. The molecule has 0 aliphatic heterocycles. The number of phenols is 1. The Morgan fingerprint density at radius 1 is 1.40 bits per heavy atom. The molecule has 0 heterocycles. The molecule has 0 unspecified atom stereocenters. The van der Waals surface area contributed by atoms with E-state index in [0.29, 0.717) is 11.3 Å². The Morgan fingerprint density at radius 3 is 2.53 bits per heavy atom. The van der Waals surface area contributed by atoms with Crippen molar-refractivity contribution in [1.82, 2.24) is 0 Å². The van der Waals surface area contributed by atoms with Crippen molar-refractivity contribution < 1.29 is 19.4 Å². The molecule has 0 radical (unpaired) electrons.